The molecular formula is C6H12N2. The number of hydrogen-bond acceptors (Lipinski definition) is 2. The van der Waals surface area contributed by atoms with Gasteiger partial charge < -0.3 is 10.2 Å². The Bertz CT molecular complexity index is 168. The summed E-state index contributed by atoms with van der Waals surface area (Å²) in [5, 5.41) is 3.27. The molecule has 8 heavy (non-hydrogen) atoms. The van der Waals surface area contributed by atoms with Crippen LogP contribution in [0, 0.1) is 0 Å². The third-order valence-electron chi connectivity index (χ3n) is 1.92. The lowest BCUT2D eigenvalue weighted by Gasteiger charge is -2.21. The summed E-state index contributed by atoms with van der Waals surface area (Å²) in [6, 6.07) is 0.750. The molecule has 46 valence electrons. The van der Waals surface area contributed by atoms with E-state index in [2.05, 4.69) is 5.32 Å². The Morgan fingerprint density at radius 3 is 3.62 bits per heavy atom. The Morgan fingerprint density at radius 2 is 2.88 bits per heavy atom. The molecule has 2 nitrogen and oxygen atoms in total. The van der Waals surface area contributed by atoms with E-state index in [1.165, 1.54) is 0 Å². The van der Waals surface area contributed by atoms with E-state index in [1.807, 2.05) is 0 Å². The molecule has 0 spiro atoms. The third-order valence-corrected chi connectivity index (χ3v) is 1.92. The maximum atomic E-state index is 7.21. The average Bonchev–Trinajstić information content (AvgIpc) is 2.60. The van der Waals surface area contributed by atoms with Gasteiger partial charge in [0.05, 0.1) is 0 Å². The van der Waals surface area contributed by atoms with E-state index in [9.17, 15) is 0 Å². The summed E-state index contributed by atoms with van der Waals surface area (Å²) >= 11 is 0. The van der Waals surface area contributed by atoms with Crippen molar-refractivity contribution in [3.05, 3.63) is 0 Å². The fourth-order valence-electron chi connectivity index (χ4n) is 1.28. The number of fused-ring (bicyclic) bond motifs is 1. The average molecular weight is 115 g/mol. The Morgan fingerprint density at radius 1 is 1.88 bits per heavy atom. The molecule has 0 aromatic rings. The normalized spacial score (nSPS) is 53.2. The van der Waals surface area contributed by atoms with Crippen LogP contribution in [0.5, 0.6) is 0 Å². The lowest BCUT2D eigenvalue weighted by Crippen LogP contribution is -2.41. The molecule has 1 N–H and O–H groups in total. The van der Waals surface area contributed by atoms with E-state index >= 15 is 0 Å². The minimum atomic E-state index is -1.87. The second kappa shape index (κ2) is 1.45. The number of rotatable bonds is 0. The third kappa shape index (κ3) is 0.565. The molecule has 1 saturated carbocycles. The first-order valence-corrected chi connectivity index (χ1v) is 3.09. The summed E-state index contributed by atoms with van der Waals surface area (Å²) in [5.74, 6) is 0. The van der Waals surface area contributed by atoms with Crippen LogP contribution in [0.4, 0.5) is 0 Å². The SMILES string of the molecule is [2H]C([2H])([2H])N1CCNC2CC21. The van der Waals surface area contributed by atoms with Gasteiger partial charge in [-0.3, -0.25) is 0 Å². The van der Waals surface area contributed by atoms with E-state index in [4.69, 9.17) is 4.11 Å². The first-order valence-electron chi connectivity index (χ1n) is 4.59. The van der Waals surface area contributed by atoms with E-state index in [0.29, 0.717) is 12.6 Å². The smallest absolute Gasteiger partial charge is 0.0394 e. The number of piperazine rings is 1. The minimum Gasteiger partial charge on any atom is -0.311 e. The van der Waals surface area contributed by atoms with Crippen molar-refractivity contribution in [1.29, 1.82) is 0 Å². The van der Waals surface area contributed by atoms with E-state index < -0.39 is 6.98 Å². The molecule has 1 saturated heterocycles. The first kappa shape index (κ1) is 2.67. The highest BCUT2D eigenvalue weighted by molar-refractivity contribution is 5.03. The quantitative estimate of drug-likeness (QED) is 0.465. The molecule has 2 heteroatoms. The largest absolute Gasteiger partial charge is 0.311 e. The van der Waals surface area contributed by atoms with Crippen LogP contribution in [0.3, 0.4) is 0 Å². The monoisotopic (exact) mass is 115 g/mol. The standard InChI is InChI=1S/C6H12N2/c1-8-3-2-7-5-4-6(5)8/h5-7H,2-4H2,1H3/i1D3. The summed E-state index contributed by atoms with van der Waals surface area (Å²) in [6.45, 7) is -0.390. The highest BCUT2D eigenvalue weighted by Crippen LogP contribution is 2.28. The number of nitrogens with one attached hydrogen (secondary N) is 1. The van der Waals surface area contributed by atoms with Gasteiger partial charge in [0.15, 0.2) is 0 Å². The molecule has 2 rings (SSSR count). The molecule has 0 aromatic carbocycles. The topological polar surface area (TPSA) is 15.3 Å². The van der Waals surface area contributed by atoms with Gasteiger partial charge in [-0.15, -0.1) is 0 Å². The zero-order chi connectivity index (χ0) is 8.06. The molecule has 1 aliphatic heterocycles. The first-order chi connectivity index (χ1) is 5.09. The Balaban J connectivity index is 2.03. The van der Waals surface area contributed by atoms with Gasteiger partial charge in [0.1, 0.15) is 0 Å². The van der Waals surface area contributed by atoms with Crippen LogP contribution in [-0.2, 0) is 0 Å². The highest BCUT2D eigenvalue weighted by atomic mass is 15.3. The fraction of sp³-hybridized carbons (Fsp3) is 1.00. The van der Waals surface area contributed by atoms with Crippen molar-refractivity contribution >= 4 is 0 Å². The van der Waals surface area contributed by atoms with E-state index in [-0.39, 0.29) is 6.04 Å². The predicted octanol–water partition coefficient (Wildman–Crippen LogP) is -0.338. The molecule has 0 radical (unpaired) electrons. The van der Waals surface area contributed by atoms with Crippen molar-refractivity contribution in [3.8, 4) is 0 Å². The molecular weight excluding hydrogens is 100 g/mol. The molecule has 0 bridgehead atoms. The zero-order valence-electron chi connectivity index (χ0n) is 7.72. The maximum absolute atomic E-state index is 7.21. The van der Waals surface area contributed by atoms with Crippen LogP contribution < -0.4 is 5.32 Å². The Labute approximate surface area is 54.1 Å². The highest BCUT2D eigenvalue weighted by Gasteiger charge is 2.41. The van der Waals surface area contributed by atoms with Crippen molar-refractivity contribution in [2.24, 2.45) is 0 Å². The summed E-state index contributed by atoms with van der Waals surface area (Å²) in [5.41, 5.74) is 0. The minimum absolute atomic E-state index is 0.288. The van der Waals surface area contributed by atoms with Crippen LogP contribution in [0.25, 0.3) is 0 Å². The second-order valence-corrected chi connectivity index (χ2v) is 2.56. The Hall–Kier alpha value is -0.0800. The molecule has 2 atom stereocenters. The molecule has 1 aliphatic carbocycles. The van der Waals surface area contributed by atoms with Crippen LogP contribution in [0.2, 0.25) is 0 Å². The second-order valence-electron chi connectivity index (χ2n) is 2.56. The summed E-state index contributed by atoms with van der Waals surface area (Å²) in [4.78, 5) is 1.63. The van der Waals surface area contributed by atoms with Crippen LogP contribution >= 0.6 is 0 Å². The Kier molecular flexibility index (Phi) is 0.485. The van der Waals surface area contributed by atoms with Gasteiger partial charge in [-0.25, -0.2) is 0 Å². The van der Waals surface area contributed by atoms with Crippen LogP contribution in [0.1, 0.15) is 10.5 Å². The molecule has 2 aliphatic rings. The summed E-state index contributed by atoms with van der Waals surface area (Å²) < 4.78 is 21.6. The van der Waals surface area contributed by atoms with Gasteiger partial charge in [0, 0.05) is 29.3 Å². The van der Waals surface area contributed by atoms with Gasteiger partial charge >= 0.3 is 0 Å². The number of nitrogens with zero attached hydrogens (tertiary/aromatic N) is 1. The number of likely N-dealkylation sites (N-methyl/N-ethyl adjacent to an activating group) is 1. The van der Waals surface area contributed by atoms with E-state index in [1.54, 1.807) is 4.90 Å². The van der Waals surface area contributed by atoms with Crippen molar-refractivity contribution in [1.82, 2.24) is 10.2 Å². The van der Waals surface area contributed by atoms with Crippen molar-refractivity contribution < 1.29 is 4.11 Å². The maximum Gasteiger partial charge on any atom is 0.0394 e. The van der Waals surface area contributed by atoms with Gasteiger partial charge in [-0.1, -0.05) is 0 Å². The molecule has 0 aromatic heterocycles. The van der Waals surface area contributed by atoms with Gasteiger partial charge in [-0.2, -0.15) is 0 Å². The molecule has 2 unspecified atom stereocenters. The van der Waals surface area contributed by atoms with Gasteiger partial charge in [0.25, 0.3) is 0 Å². The molecule has 1 heterocycles. The van der Waals surface area contributed by atoms with Crippen LogP contribution in [-0.4, -0.2) is 37.0 Å². The lowest BCUT2D eigenvalue weighted by atomic mass is 10.4. The zero-order valence-corrected chi connectivity index (χ0v) is 4.72. The summed E-state index contributed by atoms with van der Waals surface area (Å²) in [7, 11) is 0. The summed E-state index contributed by atoms with van der Waals surface area (Å²) in [6.07, 6.45) is 1.01. The lowest BCUT2D eigenvalue weighted by molar-refractivity contribution is 0.279. The van der Waals surface area contributed by atoms with Crippen molar-refractivity contribution in [2.45, 2.75) is 18.5 Å². The fourth-order valence-corrected chi connectivity index (χ4v) is 1.28. The van der Waals surface area contributed by atoms with Gasteiger partial charge in [-0.05, 0) is 13.4 Å². The predicted molar refractivity (Wildman–Crippen MR) is 32.8 cm³/mol. The van der Waals surface area contributed by atoms with Crippen LogP contribution in [0.15, 0.2) is 0 Å². The molecule has 0 amide bonds. The number of hydrogen-bond donors (Lipinski definition) is 1. The molecule has 2 fully saturated rings. The van der Waals surface area contributed by atoms with Crippen molar-refractivity contribution in [2.75, 3.05) is 20.1 Å². The van der Waals surface area contributed by atoms with Gasteiger partial charge in [0.2, 0.25) is 0 Å². The van der Waals surface area contributed by atoms with Crippen molar-refractivity contribution in [3.63, 3.8) is 0 Å². The van der Waals surface area contributed by atoms with E-state index in [0.717, 1.165) is 13.0 Å².